The van der Waals surface area contributed by atoms with Crippen molar-refractivity contribution < 1.29 is 19.4 Å². The number of carbonyl (C=O) groups is 2. The van der Waals surface area contributed by atoms with Crippen LogP contribution < -0.4 is 5.32 Å². The Bertz CT molecular complexity index is 266. The number of hydrogen-bond donors (Lipinski definition) is 2. The Morgan fingerprint density at radius 2 is 2.20 bits per heavy atom. The highest BCUT2D eigenvalue weighted by molar-refractivity contribution is 5.84. The molecule has 86 valence electrons. The van der Waals surface area contributed by atoms with Crippen LogP contribution in [0.25, 0.3) is 0 Å². The summed E-state index contributed by atoms with van der Waals surface area (Å²) in [7, 11) is 1.23. The predicted molar refractivity (Wildman–Crippen MR) is 53.5 cm³/mol. The van der Waals surface area contributed by atoms with Gasteiger partial charge in [0.05, 0.1) is 7.11 Å². The molecule has 1 amide bonds. The first-order valence-corrected chi connectivity index (χ1v) is 5.10. The number of carbonyl (C=O) groups excluding carboxylic acids is 1. The summed E-state index contributed by atoms with van der Waals surface area (Å²) in [5.41, 5.74) is -1.13. The molecular weight excluding hydrogens is 198 g/mol. The summed E-state index contributed by atoms with van der Waals surface area (Å²) in [6.07, 6.45) is 2.10. The molecule has 0 spiro atoms. The molecule has 5 nitrogen and oxygen atoms in total. The lowest BCUT2D eigenvalue weighted by Gasteiger charge is -2.36. The number of carboxylic acid groups (broad SMARTS) is 1. The van der Waals surface area contributed by atoms with E-state index in [1.165, 1.54) is 7.11 Å². The molecular formula is C10H17NO4. The molecule has 1 rings (SSSR count). The number of rotatable bonds is 2. The maximum absolute atomic E-state index is 11.2. The molecule has 0 aromatic heterocycles. The molecule has 0 heterocycles. The fourth-order valence-electron chi connectivity index (χ4n) is 2.16. The zero-order chi connectivity index (χ0) is 11.5. The smallest absolute Gasteiger partial charge is 0.407 e. The predicted octanol–water partition coefficient (Wildman–Crippen LogP) is 1.38. The second-order valence-corrected chi connectivity index (χ2v) is 4.21. The summed E-state index contributed by atoms with van der Waals surface area (Å²) < 4.78 is 4.45. The molecule has 0 aliphatic heterocycles. The van der Waals surface area contributed by atoms with Gasteiger partial charge in [0.25, 0.3) is 0 Å². The fourth-order valence-corrected chi connectivity index (χ4v) is 2.16. The second-order valence-electron chi connectivity index (χ2n) is 4.21. The summed E-state index contributed by atoms with van der Waals surface area (Å²) >= 11 is 0. The fraction of sp³-hybridized carbons (Fsp3) is 0.800. The molecule has 2 unspecified atom stereocenters. The Hall–Kier alpha value is -1.26. The quantitative estimate of drug-likeness (QED) is 0.729. The van der Waals surface area contributed by atoms with E-state index in [4.69, 9.17) is 0 Å². The number of carboxylic acids is 1. The van der Waals surface area contributed by atoms with Crippen molar-refractivity contribution in [1.29, 1.82) is 0 Å². The van der Waals surface area contributed by atoms with E-state index in [1.54, 1.807) is 0 Å². The van der Waals surface area contributed by atoms with E-state index in [0.29, 0.717) is 18.8 Å². The Balaban J connectivity index is 2.78. The molecule has 1 aliphatic rings. The maximum atomic E-state index is 11.2. The van der Waals surface area contributed by atoms with Crippen molar-refractivity contribution in [2.75, 3.05) is 7.11 Å². The van der Waals surface area contributed by atoms with E-state index >= 15 is 0 Å². The van der Waals surface area contributed by atoms with Crippen LogP contribution >= 0.6 is 0 Å². The van der Waals surface area contributed by atoms with Crippen LogP contribution in [0.4, 0.5) is 4.79 Å². The van der Waals surface area contributed by atoms with Gasteiger partial charge >= 0.3 is 12.1 Å². The number of ether oxygens (including phenoxy) is 1. The van der Waals surface area contributed by atoms with Gasteiger partial charge in [-0.15, -0.1) is 0 Å². The van der Waals surface area contributed by atoms with Crippen molar-refractivity contribution in [3.63, 3.8) is 0 Å². The van der Waals surface area contributed by atoms with Gasteiger partial charge < -0.3 is 15.2 Å². The third-order valence-electron chi connectivity index (χ3n) is 2.93. The molecule has 0 saturated heterocycles. The third kappa shape index (κ3) is 2.61. The third-order valence-corrected chi connectivity index (χ3v) is 2.93. The minimum absolute atomic E-state index is 0.312. The summed E-state index contributed by atoms with van der Waals surface area (Å²) in [4.78, 5) is 22.3. The first-order chi connectivity index (χ1) is 7.00. The normalized spacial score (nSPS) is 30.7. The van der Waals surface area contributed by atoms with Crippen LogP contribution in [0, 0.1) is 5.92 Å². The Labute approximate surface area is 88.8 Å². The second kappa shape index (κ2) is 4.51. The zero-order valence-corrected chi connectivity index (χ0v) is 9.08. The van der Waals surface area contributed by atoms with E-state index in [9.17, 15) is 14.7 Å². The van der Waals surface area contributed by atoms with Crippen molar-refractivity contribution in [1.82, 2.24) is 5.32 Å². The Morgan fingerprint density at radius 3 is 2.67 bits per heavy atom. The highest BCUT2D eigenvalue weighted by atomic mass is 16.5. The van der Waals surface area contributed by atoms with E-state index in [2.05, 4.69) is 10.1 Å². The molecule has 0 aromatic carbocycles. The van der Waals surface area contributed by atoms with Gasteiger partial charge in [-0.1, -0.05) is 19.8 Å². The number of alkyl carbamates (subject to hydrolysis) is 1. The van der Waals surface area contributed by atoms with Crippen molar-refractivity contribution in [2.45, 2.75) is 38.1 Å². The number of nitrogens with one attached hydrogen (secondary N) is 1. The minimum Gasteiger partial charge on any atom is -0.480 e. The molecule has 2 N–H and O–H groups in total. The van der Waals surface area contributed by atoms with Crippen LogP contribution in [0.2, 0.25) is 0 Å². The van der Waals surface area contributed by atoms with E-state index in [-0.39, 0.29) is 0 Å². The van der Waals surface area contributed by atoms with Crippen molar-refractivity contribution in [3.05, 3.63) is 0 Å². The summed E-state index contributed by atoms with van der Waals surface area (Å²) in [5.74, 6) is -0.661. The first-order valence-electron chi connectivity index (χ1n) is 5.10. The van der Waals surface area contributed by atoms with Crippen LogP contribution in [-0.4, -0.2) is 29.8 Å². The zero-order valence-electron chi connectivity index (χ0n) is 9.08. The number of amides is 1. The molecule has 2 atom stereocenters. The van der Waals surface area contributed by atoms with Gasteiger partial charge in [0.15, 0.2) is 0 Å². The molecule has 1 fully saturated rings. The van der Waals surface area contributed by atoms with Crippen molar-refractivity contribution >= 4 is 12.1 Å². The molecule has 1 saturated carbocycles. The van der Waals surface area contributed by atoms with Gasteiger partial charge in [0.1, 0.15) is 5.54 Å². The lowest BCUT2D eigenvalue weighted by molar-refractivity contribution is -0.146. The van der Waals surface area contributed by atoms with Gasteiger partial charge in [-0.2, -0.15) is 0 Å². The minimum atomic E-state index is -1.13. The van der Waals surface area contributed by atoms with Gasteiger partial charge in [-0.3, -0.25) is 0 Å². The topological polar surface area (TPSA) is 75.6 Å². The number of aliphatic carboxylic acids is 1. The van der Waals surface area contributed by atoms with Crippen LogP contribution in [0.5, 0.6) is 0 Å². The summed E-state index contributed by atoms with van der Waals surface area (Å²) in [5, 5.41) is 11.6. The van der Waals surface area contributed by atoms with Crippen molar-refractivity contribution in [3.8, 4) is 0 Å². The largest absolute Gasteiger partial charge is 0.480 e. The van der Waals surface area contributed by atoms with Gasteiger partial charge in [0.2, 0.25) is 0 Å². The number of hydrogen-bond acceptors (Lipinski definition) is 3. The Kier molecular flexibility index (Phi) is 3.55. The SMILES string of the molecule is COC(=O)NC1(C(=O)O)CCCC(C)C1. The molecule has 0 aromatic rings. The maximum Gasteiger partial charge on any atom is 0.407 e. The lowest BCUT2D eigenvalue weighted by atomic mass is 9.76. The average Bonchev–Trinajstić information content (AvgIpc) is 2.17. The summed E-state index contributed by atoms with van der Waals surface area (Å²) in [6, 6.07) is 0. The first kappa shape index (κ1) is 11.8. The number of methoxy groups -OCH3 is 1. The van der Waals surface area contributed by atoms with Crippen LogP contribution in [-0.2, 0) is 9.53 Å². The highest BCUT2D eigenvalue weighted by Crippen LogP contribution is 2.32. The molecule has 0 bridgehead atoms. The van der Waals surface area contributed by atoms with Crippen LogP contribution in [0.1, 0.15) is 32.6 Å². The van der Waals surface area contributed by atoms with Crippen LogP contribution in [0.15, 0.2) is 0 Å². The van der Waals surface area contributed by atoms with E-state index < -0.39 is 17.6 Å². The van der Waals surface area contributed by atoms with Crippen molar-refractivity contribution in [2.24, 2.45) is 5.92 Å². The Morgan fingerprint density at radius 1 is 1.53 bits per heavy atom. The highest BCUT2D eigenvalue weighted by Gasteiger charge is 2.43. The van der Waals surface area contributed by atoms with E-state index in [0.717, 1.165) is 12.8 Å². The van der Waals surface area contributed by atoms with Gasteiger partial charge in [-0.05, 0) is 18.8 Å². The van der Waals surface area contributed by atoms with E-state index in [1.807, 2.05) is 6.92 Å². The lowest BCUT2D eigenvalue weighted by Crippen LogP contribution is -2.56. The van der Waals surface area contributed by atoms with Crippen LogP contribution in [0.3, 0.4) is 0 Å². The molecule has 1 aliphatic carbocycles. The molecule has 5 heteroatoms. The average molecular weight is 215 g/mol. The van der Waals surface area contributed by atoms with Gasteiger partial charge in [0, 0.05) is 0 Å². The molecule has 0 radical (unpaired) electrons. The monoisotopic (exact) mass is 215 g/mol. The standard InChI is InChI=1S/C10H17NO4/c1-7-4-3-5-10(6-7,8(12)13)11-9(14)15-2/h7H,3-6H2,1-2H3,(H,11,14)(H,12,13). The molecule has 15 heavy (non-hydrogen) atoms. The summed E-state index contributed by atoms with van der Waals surface area (Å²) in [6.45, 7) is 2.00. The van der Waals surface area contributed by atoms with Gasteiger partial charge in [-0.25, -0.2) is 9.59 Å².